The van der Waals surface area contributed by atoms with Gasteiger partial charge in [0, 0.05) is 18.2 Å². The van der Waals surface area contributed by atoms with E-state index in [4.69, 9.17) is 10.9 Å². The standard InChI is InChI=1S/C12H16FN3O/c1-3-8(2)15-7-9-4-5-10(13)6-11(9)12(14)16-17/h3-6,8,15,17H,1,7H2,2H3,(H2,14,16). The smallest absolute Gasteiger partial charge is 0.170 e. The maximum Gasteiger partial charge on any atom is 0.170 e. The van der Waals surface area contributed by atoms with Gasteiger partial charge in [-0.1, -0.05) is 17.3 Å². The van der Waals surface area contributed by atoms with Crippen molar-refractivity contribution in [2.45, 2.75) is 19.5 Å². The molecule has 0 heterocycles. The molecule has 0 aromatic heterocycles. The molecule has 5 heteroatoms. The lowest BCUT2D eigenvalue weighted by Gasteiger charge is -2.12. The summed E-state index contributed by atoms with van der Waals surface area (Å²) in [5.74, 6) is -0.528. The molecular formula is C12H16FN3O. The molecule has 0 radical (unpaired) electrons. The van der Waals surface area contributed by atoms with Crippen LogP contribution in [0.5, 0.6) is 0 Å². The summed E-state index contributed by atoms with van der Waals surface area (Å²) < 4.78 is 13.1. The van der Waals surface area contributed by atoms with Crippen LogP contribution >= 0.6 is 0 Å². The maximum atomic E-state index is 13.1. The van der Waals surface area contributed by atoms with Gasteiger partial charge in [0.15, 0.2) is 5.84 Å². The Morgan fingerprint density at radius 2 is 2.41 bits per heavy atom. The van der Waals surface area contributed by atoms with Gasteiger partial charge in [0.2, 0.25) is 0 Å². The third-order valence-corrected chi connectivity index (χ3v) is 2.42. The van der Waals surface area contributed by atoms with E-state index < -0.39 is 5.82 Å². The highest BCUT2D eigenvalue weighted by Gasteiger charge is 2.09. The van der Waals surface area contributed by atoms with Crippen LogP contribution in [0, 0.1) is 5.82 Å². The molecule has 92 valence electrons. The number of halogens is 1. The molecule has 0 amide bonds. The summed E-state index contributed by atoms with van der Waals surface area (Å²) in [4.78, 5) is 0. The molecule has 0 saturated heterocycles. The second-order valence-corrected chi connectivity index (χ2v) is 3.69. The van der Waals surface area contributed by atoms with Gasteiger partial charge in [0.05, 0.1) is 0 Å². The average Bonchev–Trinajstić information content (AvgIpc) is 2.35. The lowest BCUT2D eigenvalue weighted by Crippen LogP contribution is -2.25. The Morgan fingerprint density at radius 3 is 3.00 bits per heavy atom. The van der Waals surface area contributed by atoms with E-state index in [0.29, 0.717) is 12.1 Å². The van der Waals surface area contributed by atoms with Crippen LogP contribution in [0.2, 0.25) is 0 Å². The van der Waals surface area contributed by atoms with Gasteiger partial charge in [-0.2, -0.15) is 0 Å². The van der Waals surface area contributed by atoms with E-state index in [1.165, 1.54) is 12.1 Å². The Labute approximate surface area is 99.6 Å². The summed E-state index contributed by atoms with van der Waals surface area (Å²) in [5.41, 5.74) is 6.63. The van der Waals surface area contributed by atoms with Crippen molar-refractivity contribution < 1.29 is 9.60 Å². The number of amidine groups is 1. The van der Waals surface area contributed by atoms with E-state index >= 15 is 0 Å². The van der Waals surface area contributed by atoms with Gasteiger partial charge in [-0.05, 0) is 24.6 Å². The van der Waals surface area contributed by atoms with Gasteiger partial charge < -0.3 is 16.3 Å². The molecule has 4 nitrogen and oxygen atoms in total. The largest absolute Gasteiger partial charge is 0.409 e. The lowest BCUT2D eigenvalue weighted by atomic mass is 10.1. The highest BCUT2D eigenvalue weighted by Crippen LogP contribution is 2.11. The molecule has 4 N–H and O–H groups in total. The van der Waals surface area contributed by atoms with E-state index in [1.54, 1.807) is 12.1 Å². The average molecular weight is 237 g/mol. The fourth-order valence-corrected chi connectivity index (χ4v) is 1.35. The number of hydrogen-bond acceptors (Lipinski definition) is 3. The Morgan fingerprint density at radius 1 is 1.71 bits per heavy atom. The van der Waals surface area contributed by atoms with Crippen molar-refractivity contribution >= 4 is 5.84 Å². The molecule has 1 atom stereocenters. The fourth-order valence-electron chi connectivity index (χ4n) is 1.35. The zero-order chi connectivity index (χ0) is 12.8. The zero-order valence-electron chi connectivity index (χ0n) is 9.65. The number of oxime groups is 1. The molecule has 0 aliphatic carbocycles. The molecule has 0 aliphatic heterocycles. The molecule has 1 aromatic carbocycles. The molecule has 1 unspecified atom stereocenters. The Kier molecular flexibility index (Phi) is 4.66. The van der Waals surface area contributed by atoms with Gasteiger partial charge >= 0.3 is 0 Å². The predicted molar refractivity (Wildman–Crippen MR) is 65.4 cm³/mol. The topological polar surface area (TPSA) is 70.6 Å². The maximum absolute atomic E-state index is 13.1. The molecule has 0 spiro atoms. The summed E-state index contributed by atoms with van der Waals surface area (Å²) in [6.07, 6.45) is 1.76. The molecule has 1 rings (SSSR count). The summed E-state index contributed by atoms with van der Waals surface area (Å²) in [7, 11) is 0. The first-order chi connectivity index (χ1) is 8.08. The Hall–Kier alpha value is -1.88. The lowest BCUT2D eigenvalue weighted by molar-refractivity contribution is 0.318. The van der Waals surface area contributed by atoms with E-state index in [-0.39, 0.29) is 11.9 Å². The Bertz CT molecular complexity index is 432. The summed E-state index contributed by atoms with van der Waals surface area (Å²) in [5, 5.41) is 14.7. The van der Waals surface area contributed by atoms with E-state index in [2.05, 4.69) is 17.1 Å². The summed E-state index contributed by atoms with van der Waals surface area (Å²) in [6, 6.07) is 4.31. The summed E-state index contributed by atoms with van der Waals surface area (Å²) >= 11 is 0. The monoisotopic (exact) mass is 237 g/mol. The fraction of sp³-hybridized carbons (Fsp3) is 0.250. The van der Waals surface area contributed by atoms with Crippen LogP contribution in [-0.2, 0) is 6.54 Å². The molecule has 17 heavy (non-hydrogen) atoms. The third kappa shape index (κ3) is 3.57. The Balaban J connectivity index is 2.94. The molecule has 0 bridgehead atoms. The van der Waals surface area contributed by atoms with Gasteiger partial charge in [0.1, 0.15) is 5.82 Å². The van der Waals surface area contributed by atoms with Crippen molar-refractivity contribution in [1.82, 2.24) is 5.32 Å². The number of nitrogens with two attached hydrogens (primary N) is 1. The van der Waals surface area contributed by atoms with Crippen molar-refractivity contribution in [2.75, 3.05) is 0 Å². The highest BCUT2D eigenvalue weighted by atomic mass is 19.1. The van der Waals surface area contributed by atoms with Crippen LogP contribution in [0.4, 0.5) is 4.39 Å². The van der Waals surface area contributed by atoms with Crippen LogP contribution in [-0.4, -0.2) is 17.1 Å². The first kappa shape index (κ1) is 13.2. The van der Waals surface area contributed by atoms with Crippen molar-refractivity contribution in [3.05, 3.63) is 47.8 Å². The first-order valence-electron chi connectivity index (χ1n) is 5.20. The second kappa shape index (κ2) is 6.00. The number of nitrogens with zero attached hydrogens (tertiary/aromatic N) is 1. The number of rotatable bonds is 5. The molecular weight excluding hydrogens is 221 g/mol. The second-order valence-electron chi connectivity index (χ2n) is 3.69. The molecule has 0 saturated carbocycles. The molecule has 0 aliphatic rings. The quantitative estimate of drug-likeness (QED) is 0.239. The number of hydrogen-bond donors (Lipinski definition) is 3. The van der Waals surface area contributed by atoms with Crippen LogP contribution in [0.15, 0.2) is 36.0 Å². The third-order valence-electron chi connectivity index (χ3n) is 2.42. The summed E-state index contributed by atoms with van der Waals surface area (Å²) in [6.45, 7) is 6.08. The van der Waals surface area contributed by atoms with Gasteiger partial charge in [-0.3, -0.25) is 0 Å². The minimum Gasteiger partial charge on any atom is -0.409 e. The van der Waals surface area contributed by atoms with Crippen LogP contribution in [0.1, 0.15) is 18.1 Å². The minimum absolute atomic E-state index is 0.104. The number of nitrogens with one attached hydrogen (secondary N) is 1. The highest BCUT2D eigenvalue weighted by molar-refractivity contribution is 5.98. The van der Waals surface area contributed by atoms with Gasteiger partial charge in [0.25, 0.3) is 0 Å². The molecule has 0 fully saturated rings. The SMILES string of the molecule is C=CC(C)NCc1ccc(F)cc1/C(N)=N/O. The normalized spacial score (nSPS) is 13.4. The van der Waals surface area contributed by atoms with Crippen molar-refractivity contribution in [1.29, 1.82) is 0 Å². The zero-order valence-corrected chi connectivity index (χ0v) is 9.65. The van der Waals surface area contributed by atoms with Crippen molar-refractivity contribution in [3.63, 3.8) is 0 Å². The first-order valence-corrected chi connectivity index (χ1v) is 5.20. The van der Waals surface area contributed by atoms with Crippen LogP contribution in [0.25, 0.3) is 0 Å². The van der Waals surface area contributed by atoms with E-state index in [0.717, 1.165) is 5.56 Å². The van der Waals surface area contributed by atoms with Crippen molar-refractivity contribution in [3.8, 4) is 0 Å². The van der Waals surface area contributed by atoms with Crippen LogP contribution in [0.3, 0.4) is 0 Å². The van der Waals surface area contributed by atoms with Gasteiger partial charge in [-0.15, -0.1) is 6.58 Å². The van der Waals surface area contributed by atoms with E-state index in [1.807, 2.05) is 6.92 Å². The number of benzene rings is 1. The minimum atomic E-state index is -0.424. The molecule has 1 aromatic rings. The van der Waals surface area contributed by atoms with Crippen LogP contribution < -0.4 is 11.1 Å². The van der Waals surface area contributed by atoms with E-state index in [9.17, 15) is 4.39 Å². The van der Waals surface area contributed by atoms with Crippen molar-refractivity contribution in [2.24, 2.45) is 10.9 Å². The predicted octanol–water partition coefficient (Wildman–Crippen LogP) is 1.58. The van der Waals surface area contributed by atoms with Gasteiger partial charge in [-0.25, -0.2) is 4.39 Å².